The van der Waals surface area contributed by atoms with Crippen LogP contribution in [0, 0.1) is 5.82 Å². The van der Waals surface area contributed by atoms with Gasteiger partial charge in [-0.3, -0.25) is 0 Å². The summed E-state index contributed by atoms with van der Waals surface area (Å²) >= 11 is 0. The van der Waals surface area contributed by atoms with Gasteiger partial charge in [-0.2, -0.15) is 0 Å². The molecule has 0 aromatic heterocycles. The van der Waals surface area contributed by atoms with Crippen molar-refractivity contribution in [2.75, 3.05) is 38.3 Å². The summed E-state index contributed by atoms with van der Waals surface area (Å²) in [5.41, 5.74) is 2.13. The lowest BCUT2D eigenvalue weighted by Crippen LogP contribution is -2.26. The Kier molecular flexibility index (Phi) is 7.45. The third kappa shape index (κ3) is 5.17. The molecule has 0 atom stereocenters. The second kappa shape index (κ2) is 8.88. The van der Waals surface area contributed by atoms with Crippen molar-refractivity contribution in [3.63, 3.8) is 0 Å². The maximum absolute atomic E-state index is 13.4. The number of rotatable bonds is 9. The minimum Gasteiger partial charge on any atom is -0.383 e. The number of methoxy groups -OCH3 is 1. The molecule has 108 valence electrons. The summed E-state index contributed by atoms with van der Waals surface area (Å²) in [5, 5.41) is 3.27. The second-order valence-electron chi connectivity index (χ2n) is 4.52. The Morgan fingerprint density at radius 1 is 1.32 bits per heavy atom. The fourth-order valence-electron chi connectivity index (χ4n) is 2.12. The van der Waals surface area contributed by atoms with Crippen molar-refractivity contribution in [1.29, 1.82) is 0 Å². The van der Waals surface area contributed by atoms with Crippen molar-refractivity contribution in [2.45, 2.75) is 26.8 Å². The summed E-state index contributed by atoms with van der Waals surface area (Å²) in [6.07, 6.45) is 1.09. The molecule has 0 amide bonds. The molecule has 1 N–H and O–H groups in total. The molecule has 0 saturated heterocycles. The molecule has 0 radical (unpaired) electrons. The van der Waals surface area contributed by atoms with Crippen LogP contribution in [0.5, 0.6) is 0 Å². The van der Waals surface area contributed by atoms with E-state index in [-0.39, 0.29) is 5.82 Å². The smallest absolute Gasteiger partial charge is 0.123 e. The van der Waals surface area contributed by atoms with Crippen molar-refractivity contribution < 1.29 is 9.13 Å². The average molecular weight is 268 g/mol. The Hall–Kier alpha value is -1.13. The molecule has 0 heterocycles. The van der Waals surface area contributed by atoms with E-state index in [0.717, 1.165) is 37.3 Å². The molecule has 0 bridgehead atoms. The summed E-state index contributed by atoms with van der Waals surface area (Å²) in [5.74, 6) is -0.181. The molecule has 0 aliphatic rings. The van der Waals surface area contributed by atoms with Crippen LogP contribution in [-0.2, 0) is 11.3 Å². The molecule has 1 aromatic rings. The Bertz CT molecular complexity index is 371. The predicted octanol–water partition coefficient (Wildman–Crippen LogP) is 2.80. The number of ether oxygens (including phenoxy) is 1. The first kappa shape index (κ1) is 15.9. The number of hydrogen-bond acceptors (Lipinski definition) is 3. The van der Waals surface area contributed by atoms with Crippen LogP contribution in [0.15, 0.2) is 18.2 Å². The van der Waals surface area contributed by atoms with Gasteiger partial charge in [0.1, 0.15) is 5.82 Å². The van der Waals surface area contributed by atoms with Gasteiger partial charge >= 0.3 is 0 Å². The minimum atomic E-state index is -0.181. The molecular weight excluding hydrogens is 243 g/mol. The molecule has 0 aliphatic heterocycles. The zero-order chi connectivity index (χ0) is 14.1. The lowest BCUT2D eigenvalue weighted by atomic mass is 10.1. The Balaban J connectivity index is 2.78. The highest BCUT2D eigenvalue weighted by Gasteiger charge is 2.10. The normalized spacial score (nSPS) is 10.7. The van der Waals surface area contributed by atoms with Crippen LogP contribution < -0.4 is 10.2 Å². The number of hydrogen-bond donors (Lipinski definition) is 1. The Morgan fingerprint density at radius 2 is 2.11 bits per heavy atom. The van der Waals surface area contributed by atoms with Gasteiger partial charge < -0.3 is 15.0 Å². The lowest BCUT2D eigenvalue weighted by molar-refractivity contribution is 0.199. The van der Waals surface area contributed by atoms with Gasteiger partial charge in [-0.05, 0) is 37.1 Å². The number of nitrogens with one attached hydrogen (secondary N) is 1. The number of nitrogens with zero attached hydrogens (tertiary/aromatic N) is 1. The fraction of sp³-hybridized carbons (Fsp3) is 0.600. The molecule has 4 heteroatoms. The van der Waals surface area contributed by atoms with E-state index in [2.05, 4.69) is 24.1 Å². The largest absolute Gasteiger partial charge is 0.383 e. The predicted molar refractivity (Wildman–Crippen MR) is 78.2 cm³/mol. The van der Waals surface area contributed by atoms with Crippen LogP contribution in [0.2, 0.25) is 0 Å². The molecule has 0 spiro atoms. The van der Waals surface area contributed by atoms with E-state index < -0.39 is 0 Å². The maximum atomic E-state index is 13.4. The lowest BCUT2D eigenvalue weighted by Gasteiger charge is -2.25. The van der Waals surface area contributed by atoms with Crippen molar-refractivity contribution in [3.8, 4) is 0 Å². The highest BCUT2D eigenvalue weighted by molar-refractivity contribution is 5.53. The van der Waals surface area contributed by atoms with E-state index in [1.165, 1.54) is 6.07 Å². The zero-order valence-electron chi connectivity index (χ0n) is 12.2. The SMILES string of the molecule is CCCN(CC)c1ccc(F)cc1CNCCOC. The molecule has 3 nitrogen and oxygen atoms in total. The summed E-state index contributed by atoms with van der Waals surface area (Å²) in [6.45, 7) is 8.31. The topological polar surface area (TPSA) is 24.5 Å². The molecule has 0 unspecified atom stereocenters. The van der Waals surface area contributed by atoms with Crippen LogP contribution >= 0.6 is 0 Å². The van der Waals surface area contributed by atoms with Gasteiger partial charge in [0.2, 0.25) is 0 Å². The maximum Gasteiger partial charge on any atom is 0.123 e. The van der Waals surface area contributed by atoms with E-state index in [0.29, 0.717) is 13.2 Å². The van der Waals surface area contributed by atoms with Crippen LogP contribution in [-0.4, -0.2) is 33.4 Å². The first-order valence-corrected chi connectivity index (χ1v) is 6.95. The van der Waals surface area contributed by atoms with Crippen molar-refractivity contribution >= 4 is 5.69 Å². The van der Waals surface area contributed by atoms with E-state index in [1.807, 2.05) is 6.07 Å². The van der Waals surface area contributed by atoms with Gasteiger partial charge in [-0.15, -0.1) is 0 Å². The van der Waals surface area contributed by atoms with Gasteiger partial charge in [-0.1, -0.05) is 6.92 Å². The number of benzene rings is 1. The highest BCUT2D eigenvalue weighted by Crippen LogP contribution is 2.22. The zero-order valence-corrected chi connectivity index (χ0v) is 12.2. The quantitative estimate of drug-likeness (QED) is 0.697. The first-order valence-electron chi connectivity index (χ1n) is 6.95. The molecule has 1 rings (SSSR count). The Morgan fingerprint density at radius 3 is 2.74 bits per heavy atom. The van der Waals surface area contributed by atoms with Crippen LogP contribution in [0.3, 0.4) is 0 Å². The average Bonchev–Trinajstić information content (AvgIpc) is 2.42. The summed E-state index contributed by atoms with van der Waals surface area (Å²) in [6, 6.07) is 5.03. The molecule has 0 fully saturated rings. The number of anilines is 1. The van der Waals surface area contributed by atoms with Gasteiger partial charge in [-0.25, -0.2) is 4.39 Å². The third-order valence-electron chi connectivity index (χ3n) is 3.06. The van der Waals surface area contributed by atoms with E-state index in [1.54, 1.807) is 13.2 Å². The molecule has 19 heavy (non-hydrogen) atoms. The van der Waals surface area contributed by atoms with Gasteiger partial charge in [0, 0.05) is 39.0 Å². The van der Waals surface area contributed by atoms with Crippen molar-refractivity contribution in [2.24, 2.45) is 0 Å². The first-order chi connectivity index (χ1) is 9.22. The van der Waals surface area contributed by atoms with Crippen LogP contribution in [0.4, 0.5) is 10.1 Å². The minimum absolute atomic E-state index is 0.181. The van der Waals surface area contributed by atoms with Gasteiger partial charge in [0.05, 0.1) is 6.61 Å². The van der Waals surface area contributed by atoms with Crippen molar-refractivity contribution in [1.82, 2.24) is 5.32 Å². The van der Waals surface area contributed by atoms with Crippen molar-refractivity contribution in [3.05, 3.63) is 29.6 Å². The summed E-state index contributed by atoms with van der Waals surface area (Å²) < 4.78 is 18.4. The molecule has 0 saturated carbocycles. The van der Waals surface area contributed by atoms with Gasteiger partial charge in [0.15, 0.2) is 0 Å². The van der Waals surface area contributed by atoms with Gasteiger partial charge in [0.25, 0.3) is 0 Å². The van der Waals surface area contributed by atoms with E-state index in [4.69, 9.17) is 4.74 Å². The molecule has 1 aromatic carbocycles. The number of halogens is 1. The standard InChI is InChI=1S/C15H25FN2O/c1-4-9-18(5-2)15-7-6-14(16)11-13(15)12-17-8-10-19-3/h6-7,11,17H,4-5,8-10,12H2,1-3H3. The fourth-order valence-corrected chi connectivity index (χ4v) is 2.12. The second-order valence-corrected chi connectivity index (χ2v) is 4.52. The van der Waals surface area contributed by atoms with Crippen LogP contribution in [0.1, 0.15) is 25.8 Å². The highest BCUT2D eigenvalue weighted by atomic mass is 19.1. The van der Waals surface area contributed by atoms with E-state index in [9.17, 15) is 4.39 Å². The Labute approximate surface area is 115 Å². The monoisotopic (exact) mass is 268 g/mol. The van der Waals surface area contributed by atoms with E-state index >= 15 is 0 Å². The summed E-state index contributed by atoms with van der Waals surface area (Å²) in [7, 11) is 1.68. The molecular formula is C15H25FN2O. The summed E-state index contributed by atoms with van der Waals surface area (Å²) in [4.78, 5) is 2.28. The molecule has 0 aliphatic carbocycles. The third-order valence-corrected chi connectivity index (χ3v) is 3.06. The van der Waals surface area contributed by atoms with Crippen LogP contribution in [0.25, 0.3) is 0 Å².